The van der Waals surface area contributed by atoms with Gasteiger partial charge in [-0.15, -0.1) is 0 Å². The zero-order valence-electron chi connectivity index (χ0n) is 17.2. The summed E-state index contributed by atoms with van der Waals surface area (Å²) >= 11 is 5.94. The van der Waals surface area contributed by atoms with E-state index in [1.165, 1.54) is 9.69 Å². The van der Waals surface area contributed by atoms with Crippen LogP contribution in [0.25, 0.3) is 11.8 Å². The monoisotopic (exact) mass is 420 g/mol. The highest BCUT2D eigenvalue weighted by Crippen LogP contribution is 2.26. The molecule has 30 heavy (non-hydrogen) atoms. The van der Waals surface area contributed by atoms with Gasteiger partial charge in [0.1, 0.15) is 0 Å². The van der Waals surface area contributed by atoms with Gasteiger partial charge >= 0.3 is 0 Å². The molecule has 0 radical (unpaired) electrons. The third kappa shape index (κ3) is 3.39. The number of aryl methyl sites for hydroxylation is 3. The smallest absolute Gasteiger partial charge is 0.280 e. The van der Waals surface area contributed by atoms with E-state index in [0.717, 1.165) is 11.1 Å². The summed E-state index contributed by atoms with van der Waals surface area (Å²) in [6.07, 6.45) is 1.61. The van der Waals surface area contributed by atoms with Crippen molar-refractivity contribution in [2.75, 3.05) is 5.01 Å². The summed E-state index contributed by atoms with van der Waals surface area (Å²) in [7, 11) is 0. The number of benzene rings is 2. The number of aromatic amines is 1. The number of hydrazone groups is 1. The fraction of sp³-hybridized carbons (Fsp3) is 0.174. The number of aromatic nitrogens is 2. The largest absolute Gasteiger partial charge is 0.295 e. The molecule has 3 aromatic rings. The molecule has 0 saturated carbocycles. The minimum absolute atomic E-state index is 0.243. The van der Waals surface area contributed by atoms with Gasteiger partial charge in [0.05, 0.1) is 28.2 Å². The highest BCUT2D eigenvalue weighted by molar-refractivity contribution is 6.32. The van der Waals surface area contributed by atoms with Crippen LogP contribution in [0.1, 0.15) is 29.3 Å². The molecule has 0 fully saturated rings. The predicted molar refractivity (Wildman–Crippen MR) is 121 cm³/mol. The quantitative estimate of drug-likeness (QED) is 0.631. The van der Waals surface area contributed by atoms with Crippen molar-refractivity contribution in [1.82, 2.24) is 9.78 Å². The molecule has 1 aliphatic heterocycles. The van der Waals surface area contributed by atoms with Crippen LogP contribution in [0.2, 0.25) is 5.02 Å². The van der Waals surface area contributed by atoms with Crippen LogP contribution in [0.15, 0.2) is 57.9 Å². The molecular formula is C23H21ClN4O2. The number of nitrogens with zero attached hydrogens (tertiary/aromatic N) is 3. The van der Waals surface area contributed by atoms with Gasteiger partial charge in [-0.2, -0.15) is 10.1 Å². The van der Waals surface area contributed by atoms with Crippen LogP contribution in [-0.4, -0.2) is 21.4 Å². The van der Waals surface area contributed by atoms with Crippen molar-refractivity contribution in [3.63, 3.8) is 0 Å². The van der Waals surface area contributed by atoms with Gasteiger partial charge in [-0.25, -0.2) is 4.68 Å². The van der Waals surface area contributed by atoms with Gasteiger partial charge in [-0.05, 0) is 81.3 Å². The first kappa shape index (κ1) is 19.9. The molecule has 0 aliphatic carbocycles. The number of halogens is 1. The molecule has 152 valence electrons. The molecule has 1 aliphatic rings. The van der Waals surface area contributed by atoms with Gasteiger partial charge in [0.15, 0.2) is 0 Å². The van der Waals surface area contributed by atoms with E-state index in [0.29, 0.717) is 38.9 Å². The number of carbonyl (C=O) groups is 1. The number of hydrogen-bond acceptors (Lipinski definition) is 3. The number of H-pyrrole nitrogens is 1. The van der Waals surface area contributed by atoms with Gasteiger partial charge < -0.3 is 0 Å². The normalized spacial score (nSPS) is 15.2. The number of carbonyl (C=O) groups excluding carboxylic acids is 1. The summed E-state index contributed by atoms with van der Waals surface area (Å²) in [4.78, 5) is 26.1. The molecule has 0 atom stereocenters. The Bertz CT molecular complexity index is 1280. The summed E-state index contributed by atoms with van der Waals surface area (Å²) in [6.45, 7) is 7.58. The zero-order chi connectivity index (χ0) is 21.6. The van der Waals surface area contributed by atoms with E-state index in [1.54, 1.807) is 44.2 Å². The van der Waals surface area contributed by atoms with Crippen LogP contribution in [0.3, 0.4) is 0 Å². The number of rotatable bonds is 3. The van der Waals surface area contributed by atoms with E-state index in [9.17, 15) is 9.59 Å². The molecule has 0 unspecified atom stereocenters. The van der Waals surface area contributed by atoms with E-state index < -0.39 is 0 Å². The van der Waals surface area contributed by atoms with Crippen molar-refractivity contribution in [3.05, 3.63) is 85.8 Å². The van der Waals surface area contributed by atoms with Crippen molar-refractivity contribution in [3.8, 4) is 5.69 Å². The van der Waals surface area contributed by atoms with Crippen molar-refractivity contribution in [2.45, 2.75) is 27.7 Å². The maximum absolute atomic E-state index is 13.1. The first-order valence-corrected chi connectivity index (χ1v) is 9.90. The fourth-order valence-electron chi connectivity index (χ4n) is 3.36. The SMILES string of the molecule is CC1=NN(c2ccc(C)c(C)c2)C(=O)/C1=C\c1c(C)[nH]n(-c2ccc(Cl)cc2)c1=O. The van der Waals surface area contributed by atoms with Crippen LogP contribution in [0.5, 0.6) is 0 Å². The molecule has 2 heterocycles. The summed E-state index contributed by atoms with van der Waals surface area (Å²) in [5, 5.41) is 9.45. The number of amides is 1. The Labute approximate surface area is 179 Å². The highest BCUT2D eigenvalue weighted by Gasteiger charge is 2.29. The Hall–Kier alpha value is -3.38. The summed E-state index contributed by atoms with van der Waals surface area (Å²) in [5.41, 5.74) is 5.40. The second kappa shape index (κ2) is 7.46. The van der Waals surface area contributed by atoms with Crippen LogP contribution in [0.4, 0.5) is 5.69 Å². The molecule has 0 saturated heterocycles. The van der Waals surface area contributed by atoms with E-state index >= 15 is 0 Å². The maximum Gasteiger partial charge on any atom is 0.280 e. The first-order valence-electron chi connectivity index (χ1n) is 9.53. The van der Waals surface area contributed by atoms with Crippen molar-refractivity contribution >= 4 is 35.0 Å². The van der Waals surface area contributed by atoms with Gasteiger partial charge in [0.2, 0.25) is 0 Å². The lowest BCUT2D eigenvalue weighted by Crippen LogP contribution is -2.22. The zero-order valence-corrected chi connectivity index (χ0v) is 17.9. The molecule has 1 N–H and O–H groups in total. The summed E-state index contributed by atoms with van der Waals surface area (Å²) in [5.74, 6) is -0.256. The van der Waals surface area contributed by atoms with Gasteiger partial charge in [0.25, 0.3) is 11.5 Å². The minimum atomic E-state index is -0.256. The average molecular weight is 421 g/mol. The maximum atomic E-state index is 13.1. The molecule has 0 bridgehead atoms. The number of anilines is 1. The lowest BCUT2D eigenvalue weighted by Gasteiger charge is -2.13. The topological polar surface area (TPSA) is 70.5 Å². The highest BCUT2D eigenvalue weighted by atomic mass is 35.5. The summed E-state index contributed by atoms with van der Waals surface area (Å²) in [6, 6.07) is 12.7. The summed E-state index contributed by atoms with van der Waals surface area (Å²) < 4.78 is 1.44. The van der Waals surface area contributed by atoms with E-state index in [-0.39, 0.29) is 11.5 Å². The van der Waals surface area contributed by atoms with Crippen LogP contribution < -0.4 is 10.6 Å². The second-order valence-electron chi connectivity index (χ2n) is 7.40. The van der Waals surface area contributed by atoms with Gasteiger partial charge in [-0.3, -0.25) is 14.7 Å². The Morgan fingerprint density at radius 1 is 0.933 bits per heavy atom. The Balaban J connectivity index is 1.73. The van der Waals surface area contributed by atoms with E-state index in [4.69, 9.17) is 11.6 Å². The molecule has 4 rings (SSSR count). The van der Waals surface area contributed by atoms with Gasteiger partial charge in [-0.1, -0.05) is 17.7 Å². The van der Waals surface area contributed by atoms with Crippen molar-refractivity contribution in [1.29, 1.82) is 0 Å². The average Bonchev–Trinajstić information content (AvgIpc) is 3.15. The number of hydrogen-bond donors (Lipinski definition) is 1. The van der Waals surface area contributed by atoms with Crippen molar-refractivity contribution in [2.24, 2.45) is 5.10 Å². The third-order valence-electron chi connectivity index (χ3n) is 5.29. The Morgan fingerprint density at radius 3 is 2.27 bits per heavy atom. The molecule has 6 nitrogen and oxygen atoms in total. The lowest BCUT2D eigenvalue weighted by atomic mass is 10.1. The predicted octanol–water partition coefficient (Wildman–Crippen LogP) is 4.55. The Morgan fingerprint density at radius 2 is 1.60 bits per heavy atom. The molecule has 7 heteroatoms. The standard InChI is InChI=1S/C23H21ClN4O2/c1-13-5-8-19(11-14(13)2)28-23(30)21(16(4)26-28)12-20-15(3)25-27(22(20)29)18-9-6-17(24)7-10-18/h5-12,25H,1-4H3/b21-12-. The van der Waals surface area contributed by atoms with E-state index in [2.05, 4.69) is 10.2 Å². The second-order valence-corrected chi connectivity index (χ2v) is 7.83. The molecular weight excluding hydrogens is 400 g/mol. The van der Waals surface area contributed by atoms with Crippen LogP contribution in [-0.2, 0) is 4.79 Å². The van der Waals surface area contributed by atoms with E-state index in [1.807, 2.05) is 32.0 Å². The third-order valence-corrected chi connectivity index (χ3v) is 5.54. The molecule has 0 spiro atoms. The van der Waals surface area contributed by atoms with Gasteiger partial charge in [0, 0.05) is 10.7 Å². The van der Waals surface area contributed by atoms with Crippen LogP contribution >= 0.6 is 11.6 Å². The molecule has 1 aromatic heterocycles. The van der Waals surface area contributed by atoms with Crippen molar-refractivity contribution < 1.29 is 4.79 Å². The minimum Gasteiger partial charge on any atom is -0.295 e. The first-order chi connectivity index (χ1) is 14.3. The fourth-order valence-corrected chi connectivity index (χ4v) is 3.49. The Kier molecular flexibility index (Phi) is 4.95. The lowest BCUT2D eigenvalue weighted by molar-refractivity contribution is -0.114. The molecule has 1 amide bonds. The molecule has 2 aromatic carbocycles. The number of nitrogens with one attached hydrogen (secondary N) is 1. The van der Waals surface area contributed by atoms with Crippen LogP contribution in [0, 0.1) is 20.8 Å².